The third-order valence-electron chi connectivity index (χ3n) is 0.218. The van der Waals surface area contributed by atoms with Crippen LogP contribution in [0.15, 0.2) is 24.8 Å². The van der Waals surface area contributed by atoms with Crippen molar-refractivity contribution in [3.8, 4) is 0 Å². The molecule has 0 aromatic rings. The highest BCUT2D eigenvalue weighted by molar-refractivity contribution is 4.72. The molecule has 62 valence electrons. The Bertz CT molecular complexity index is 72.9. The highest BCUT2D eigenvalue weighted by Gasteiger charge is 1.74. The van der Waals surface area contributed by atoms with Crippen LogP contribution in [0.1, 0.15) is 13.8 Å². The van der Waals surface area contributed by atoms with E-state index in [9.17, 15) is 13.2 Å². The zero-order chi connectivity index (χ0) is 8.99. The molecule has 0 aromatic carbocycles. The molecule has 0 aromatic heterocycles. The smallest absolute Gasteiger partial charge is 0.255 e. The van der Waals surface area contributed by atoms with E-state index in [0.717, 1.165) is 6.08 Å². The second kappa shape index (κ2) is 24.0. The summed E-state index contributed by atoms with van der Waals surface area (Å²) in [6.07, 6.45) is 0.880. The molecule has 0 aliphatic rings. The van der Waals surface area contributed by atoms with Crippen LogP contribution in [0.25, 0.3) is 0 Å². The normalized spacial score (nSPS) is 5.40. The van der Waals surface area contributed by atoms with E-state index in [0.29, 0.717) is 7.18 Å². The van der Waals surface area contributed by atoms with Crippen LogP contribution in [0.4, 0.5) is 13.2 Å². The van der Waals surface area contributed by atoms with Crippen molar-refractivity contribution < 1.29 is 13.2 Å². The average Bonchev–Trinajstić information content (AvgIpc) is 1.94. The van der Waals surface area contributed by atoms with Gasteiger partial charge in [0.2, 0.25) is 0 Å². The summed E-state index contributed by atoms with van der Waals surface area (Å²) >= 11 is 0. The minimum absolute atomic E-state index is 0.500. The van der Waals surface area contributed by atoms with Gasteiger partial charge in [-0.15, -0.1) is 6.58 Å². The van der Waals surface area contributed by atoms with Gasteiger partial charge in [-0.2, -0.15) is 8.78 Å². The van der Waals surface area contributed by atoms with Crippen molar-refractivity contribution in [3.63, 3.8) is 0 Å². The Morgan fingerprint density at radius 2 is 1.30 bits per heavy atom. The molecule has 0 aliphatic heterocycles. The largest absolute Gasteiger partial charge is 0.266 e. The van der Waals surface area contributed by atoms with Crippen LogP contribution >= 0.6 is 0 Å². The van der Waals surface area contributed by atoms with Crippen LogP contribution < -0.4 is 0 Å². The van der Waals surface area contributed by atoms with Gasteiger partial charge in [-0.05, 0) is 19.9 Å². The number of hydrogen-bond acceptors (Lipinski definition) is 0. The molecule has 0 rings (SSSR count). The van der Waals surface area contributed by atoms with Crippen molar-refractivity contribution in [2.24, 2.45) is 0 Å². The fourth-order valence-electron chi connectivity index (χ4n) is 0. The quantitative estimate of drug-likeness (QED) is 0.468. The zero-order valence-corrected chi connectivity index (χ0v) is 6.50. The summed E-state index contributed by atoms with van der Waals surface area (Å²) in [6, 6.07) is 0. The minimum Gasteiger partial charge on any atom is -0.255 e. The molecule has 0 atom stereocenters. The van der Waals surface area contributed by atoms with Gasteiger partial charge in [-0.1, -0.05) is 6.08 Å². The van der Waals surface area contributed by atoms with Crippen molar-refractivity contribution >= 4 is 0 Å². The maximum atomic E-state index is 10.6. The summed E-state index contributed by atoms with van der Waals surface area (Å²) in [7, 11) is 0.500. The summed E-state index contributed by atoms with van der Waals surface area (Å²) in [5.41, 5.74) is 0. The van der Waals surface area contributed by atoms with Crippen LogP contribution in [0.2, 0.25) is 0 Å². The number of rotatable bonds is 0. The first kappa shape index (κ1) is 16.1. The van der Waals surface area contributed by atoms with Gasteiger partial charge in [0, 0.05) is 0 Å². The van der Waals surface area contributed by atoms with Gasteiger partial charge in [-0.3, -0.25) is 4.39 Å². The lowest BCUT2D eigenvalue weighted by Gasteiger charge is -1.62. The Morgan fingerprint density at radius 1 is 1.20 bits per heavy atom. The second-order valence-corrected chi connectivity index (χ2v) is 0.987. The van der Waals surface area contributed by atoms with Gasteiger partial charge in [0.25, 0.3) is 6.08 Å². The summed E-state index contributed by atoms with van der Waals surface area (Å²) in [5.74, 6) is 0. The van der Waals surface area contributed by atoms with Crippen molar-refractivity contribution in [3.05, 3.63) is 24.8 Å². The maximum absolute atomic E-state index is 10.6. The Kier molecular flexibility index (Phi) is 38.7. The van der Waals surface area contributed by atoms with E-state index in [1.54, 1.807) is 6.08 Å². The number of alkyl halides is 1. The van der Waals surface area contributed by atoms with Crippen LogP contribution in [-0.2, 0) is 0 Å². The van der Waals surface area contributed by atoms with Gasteiger partial charge >= 0.3 is 0 Å². The van der Waals surface area contributed by atoms with Crippen molar-refractivity contribution in [2.75, 3.05) is 7.18 Å². The van der Waals surface area contributed by atoms with E-state index in [1.165, 1.54) is 6.92 Å². The number of hydrogen-bond donors (Lipinski definition) is 0. The van der Waals surface area contributed by atoms with E-state index < -0.39 is 6.08 Å². The van der Waals surface area contributed by atoms with Gasteiger partial charge in [0.1, 0.15) is 0 Å². The van der Waals surface area contributed by atoms with E-state index in [-0.39, 0.29) is 0 Å². The maximum Gasteiger partial charge on any atom is 0.266 e. The standard InChI is InChI=1S/C3H4F2.C3H6.CH3F/c1-2-3(4)5;1-3-2;1-2/h2H,1H3;3H,1H2,2H3;1H3. The molecule has 0 nitrogen and oxygen atoms in total. The van der Waals surface area contributed by atoms with E-state index >= 15 is 0 Å². The Hall–Kier alpha value is -0.730. The summed E-state index contributed by atoms with van der Waals surface area (Å²) in [5, 5.41) is 0. The lowest BCUT2D eigenvalue weighted by molar-refractivity contribution is 0.420. The van der Waals surface area contributed by atoms with Gasteiger partial charge in [0.05, 0.1) is 7.18 Å². The molecule has 0 heterocycles. The topological polar surface area (TPSA) is 0 Å². The minimum atomic E-state index is -1.62. The first-order chi connectivity index (χ1) is 4.68. The lowest BCUT2D eigenvalue weighted by Crippen LogP contribution is -1.44. The average molecular weight is 154 g/mol. The first-order valence-electron chi connectivity index (χ1n) is 2.61. The van der Waals surface area contributed by atoms with Crippen LogP contribution in [0.5, 0.6) is 0 Å². The number of allylic oxidation sites excluding steroid dienone is 2. The summed E-state index contributed by atoms with van der Waals surface area (Å²) in [6.45, 7) is 6.54. The van der Waals surface area contributed by atoms with E-state index in [2.05, 4.69) is 6.58 Å². The molecule has 0 unspecified atom stereocenters. The molecule has 0 saturated carbocycles. The fraction of sp³-hybridized carbons (Fsp3) is 0.429. The summed E-state index contributed by atoms with van der Waals surface area (Å²) in [4.78, 5) is 0. The molecule has 0 radical (unpaired) electrons. The predicted molar refractivity (Wildman–Crippen MR) is 38.9 cm³/mol. The van der Waals surface area contributed by atoms with Crippen molar-refractivity contribution in [1.29, 1.82) is 0 Å². The Morgan fingerprint density at radius 3 is 1.30 bits per heavy atom. The molecule has 3 heteroatoms. The second-order valence-electron chi connectivity index (χ2n) is 0.987. The van der Waals surface area contributed by atoms with Gasteiger partial charge in [0.15, 0.2) is 0 Å². The molecule has 0 spiro atoms. The van der Waals surface area contributed by atoms with Crippen molar-refractivity contribution in [1.82, 2.24) is 0 Å². The molecule has 10 heavy (non-hydrogen) atoms. The third-order valence-corrected chi connectivity index (χ3v) is 0.218. The molecular weight excluding hydrogens is 141 g/mol. The first-order valence-corrected chi connectivity index (χ1v) is 2.61. The van der Waals surface area contributed by atoms with Crippen LogP contribution in [-0.4, -0.2) is 7.18 Å². The molecule has 0 bridgehead atoms. The highest BCUT2D eigenvalue weighted by atomic mass is 19.3. The van der Waals surface area contributed by atoms with E-state index in [1.807, 2.05) is 6.92 Å². The SMILES string of the molecule is C=CC.CC=C(F)F.CF. The molecule has 0 aliphatic carbocycles. The lowest BCUT2D eigenvalue weighted by atomic mass is 10.7. The van der Waals surface area contributed by atoms with E-state index in [4.69, 9.17) is 0 Å². The monoisotopic (exact) mass is 154 g/mol. The molecule has 0 fully saturated rings. The van der Waals surface area contributed by atoms with Crippen LogP contribution in [0, 0.1) is 0 Å². The van der Waals surface area contributed by atoms with Crippen LogP contribution in [0.3, 0.4) is 0 Å². The molecular formula is C7H13F3. The Labute approximate surface area is 60.1 Å². The Balaban J connectivity index is -0.0000000847. The third kappa shape index (κ3) is 177. The highest BCUT2D eigenvalue weighted by Crippen LogP contribution is 1.92. The zero-order valence-electron chi connectivity index (χ0n) is 6.50. The van der Waals surface area contributed by atoms with Gasteiger partial charge < -0.3 is 0 Å². The molecule has 0 amide bonds. The van der Waals surface area contributed by atoms with Gasteiger partial charge in [-0.25, -0.2) is 0 Å². The predicted octanol–water partition coefficient (Wildman–Crippen LogP) is 3.56. The molecule has 0 N–H and O–H groups in total. The fourth-order valence-corrected chi connectivity index (χ4v) is 0. The number of halogens is 3. The summed E-state index contributed by atoms with van der Waals surface area (Å²) < 4.78 is 30.8. The van der Waals surface area contributed by atoms with Crippen molar-refractivity contribution in [2.45, 2.75) is 13.8 Å². The molecule has 0 saturated heterocycles.